The second-order valence-electron chi connectivity index (χ2n) is 3.22. The van der Waals surface area contributed by atoms with Crippen molar-refractivity contribution in [1.82, 2.24) is 4.98 Å². The highest BCUT2D eigenvalue weighted by Crippen LogP contribution is 2.17. The number of hydrogen-bond acceptors (Lipinski definition) is 7. The molecule has 0 aromatic carbocycles. The maximum atomic E-state index is 11.3. The lowest BCUT2D eigenvalue weighted by atomic mass is 10.4. The van der Waals surface area contributed by atoms with E-state index in [2.05, 4.69) is 4.98 Å². The molecule has 0 saturated heterocycles. The van der Waals surface area contributed by atoms with Crippen LogP contribution in [-0.2, 0) is 10.5 Å². The molecule has 0 fully saturated rings. The number of carbonyl (C=O) groups is 1. The molecule has 0 saturated carbocycles. The number of thiazole rings is 1. The zero-order chi connectivity index (χ0) is 12.7. The molecule has 1 aromatic rings. The van der Waals surface area contributed by atoms with Crippen molar-refractivity contribution >= 4 is 29.1 Å². The molecule has 0 spiro atoms. The van der Waals surface area contributed by atoms with Crippen LogP contribution in [0, 0.1) is 0 Å². The summed E-state index contributed by atoms with van der Waals surface area (Å²) in [5.41, 5.74) is 0.785. The van der Waals surface area contributed by atoms with E-state index >= 15 is 0 Å². The van der Waals surface area contributed by atoms with Crippen molar-refractivity contribution in [2.75, 3.05) is 19.0 Å². The fourth-order valence-corrected chi connectivity index (χ4v) is 2.68. The average molecular weight is 277 g/mol. The minimum absolute atomic E-state index is 0.238. The molecule has 0 aliphatic rings. The van der Waals surface area contributed by atoms with Crippen molar-refractivity contribution in [3.8, 4) is 0 Å². The molecule has 1 unspecified atom stereocenters. The number of rotatable bonds is 7. The van der Waals surface area contributed by atoms with E-state index < -0.39 is 12.1 Å². The predicted molar refractivity (Wildman–Crippen MR) is 67.3 cm³/mol. The van der Waals surface area contributed by atoms with E-state index in [1.54, 1.807) is 12.3 Å². The molecule has 7 heteroatoms. The van der Waals surface area contributed by atoms with E-state index in [4.69, 9.17) is 14.9 Å². The van der Waals surface area contributed by atoms with Gasteiger partial charge in [-0.25, -0.2) is 9.78 Å². The Bertz CT molecular complexity index is 356. The molecule has 0 bridgehead atoms. The molecule has 0 amide bonds. The third-order valence-corrected chi connectivity index (χ3v) is 3.76. The van der Waals surface area contributed by atoms with Crippen LogP contribution in [-0.4, -0.2) is 46.2 Å². The number of thioether (sulfide) groups is 1. The zero-order valence-corrected chi connectivity index (χ0v) is 11.1. The van der Waals surface area contributed by atoms with Gasteiger partial charge in [0.25, 0.3) is 0 Å². The van der Waals surface area contributed by atoms with E-state index in [0.717, 1.165) is 5.69 Å². The van der Waals surface area contributed by atoms with Crippen LogP contribution in [0.1, 0.15) is 22.4 Å². The van der Waals surface area contributed by atoms with Gasteiger partial charge in [-0.3, -0.25) is 0 Å². The summed E-state index contributed by atoms with van der Waals surface area (Å²) in [5.74, 6) is 0.652. The number of hydrogen-bond donors (Lipinski definition) is 2. The zero-order valence-electron chi connectivity index (χ0n) is 9.46. The quantitative estimate of drug-likeness (QED) is 0.721. The van der Waals surface area contributed by atoms with Gasteiger partial charge >= 0.3 is 5.97 Å². The Labute approximate surface area is 108 Å². The standard InChI is InChI=1S/C10H15NO4S2/c1-2-15-10(14)9-11-7(5-17-9)4-16-6-8(13)3-12/h5,8,12-13H,2-4,6H2,1H3. The van der Waals surface area contributed by atoms with Crippen molar-refractivity contribution in [2.45, 2.75) is 18.8 Å². The van der Waals surface area contributed by atoms with Gasteiger partial charge in [0.2, 0.25) is 5.01 Å². The number of esters is 1. The number of nitrogens with zero attached hydrogens (tertiary/aromatic N) is 1. The Morgan fingerprint density at radius 3 is 3.12 bits per heavy atom. The van der Waals surface area contributed by atoms with Gasteiger partial charge in [-0.2, -0.15) is 11.8 Å². The minimum atomic E-state index is -0.705. The Kier molecular flexibility index (Phi) is 6.49. The van der Waals surface area contributed by atoms with Crippen molar-refractivity contribution < 1.29 is 19.7 Å². The van der Waals surface area contributed by atoms with Crippen LogP contribution in [0.15, 0.2) is 5.38 Å². The Balaban J connectivity index is 2.38. The minimum Gasteiger partial charge on any atom is -0.461 e. The molecule has 1 atom stereocenters. The molecule has 0 aliphatic heterocycles. The van der Waals surface area contributed by atoms with Crippen LogP contribution in [0.25, 0.3) is 0 Å². The van der Waals surface area contributed by atoms with Gasteiger partial charge in [-0.1, -0.05) is 0 Å². The average Bonchev–Trinajstić information content (AvgIpc) is 2.78. The molecule has 5 nitrogen and oxygen atoms in total. The monoisotopic (exact) mass is 277 g/mol. The first-order valence-corrected chi connectivity index (χ1v) is 7.19. The first-order valence-electron chi connectivity index (χ1n) is 5.15. The van der Waals surface area contributed by atoms with Crippen LogP contribution in [0.3, 0.4) is 0 Å². The Morgan fingerprint density at radius 1 is 1.71 bits per heavy atom. The number of aliphatic hydroxyl groups excluding tert-OH is 2. The fourth-order valence-electron chi connectivity index (χ4n) is 1.01. The summed E-state index contributed by atoms with van der Waals surface area (Å²) in [6.45, 7) is 1.85. The van der Waals surface area contributed by atoms with E-state index in [0.29, 0.717) is 23.1 Å². The molecule has 0 aliphatic carbocycles. The molecule has 0 radical (unpaired) electrons. The summed E-state index contributed by atoms with van der Waals surface area (Å²) < 4.78 is 4.83. The van der Waals surface area contributed by atoms with E-state index in [1.807, 2.05) is 0 Å². The lowest BCUT2D eigenvalue weighted by Gasteiger charge is -2.04. The summed E-state index contributed by atoms with van der Waals surface area (Å²) >= 11 is 2.71. The molecule has 2 N–H and O–H groups in total. The highest BCUT2D eigenvalue weighted by molar-refractivity contribution is 7.98. The van der Waals surface area contributed by atoms with Gasteiger partial charge in [-0.05, 0) is 6.92 Å². The van der Waals surface area contributed by atoms with Crippen molar-refractivity contribution in [1.29, 1.82) is 0 Å². The van der Waals surface area contributed by atoms with Gasteiger partial charge in [0.05, 0.1) is 25.0 Å². The fraction of sp³-hybridized carbons (Fsp3) is 0.600. The van der Waals surface area contributed by atoms with E-state index in [9.17, 15) is 4.79 Å². The maximum absolute atomic E-state index is 11.3. The van der Waals surface area contributed by atoms with E-state index in [-0.39, 0.29) is 6.61 Å². The van der Waals surface area contributed by atoms with Crippen LogP contribution >= 0.6 is 23.1 Å². The lowest BCUT2D eigenvalue weighted by molar-refractivity contribution is 0.0525. The third kappa shape index (κ3) is 5.03. The van der Waals surface area contributed by atoms with Gasteiger partial charge in [0.1, 0.15) is 0 Å². The second-order valence-corrected chi connectivity index (χ2v) is 5.10. The summed E-state index contributed by atoms with van der Waals surface area (Å²) in [6, 6.07) is 0. The summed E-state index contributed by atoms with van der Waals surface area (Å²) in [6.07, 6.45) is -0.705. The normalized spacial score (nSPS) is 12.4. The van der Waals surface area contributed by atoms with Gasteiger partial charge in [0.15, 0.2) is 0 Å². The number of aromatic nitrogens is 1. The molecule has 1 heterocycles. The topological polar surface area (TPSA) is 79.7 Å². The van der Waals surface area contributed by atoms with Crippen LogP contribution in [0.4, 0.5) is 0 Å². The number of aliphatic hydroxyl groups is 2. The third-order valence-electron chi connectivity index (χ3n) is 1.77. The van der Waals surface area contributed by atoms with Gasteiger partial charge < -0.3 is 14.9 Å². The summed E-state index contributed by atoms with van der Waals surface area (Å²) in [4.78, 5) is 15.5. The lowest BCUT2D eigenvalue weighted by Crippen LogP contribution is -2.14. The van der Waals surface area contributed by atoms with Crippen molar-refractivity contribution in [3.05, 3.63) is 16.1 Å². The van der Waals surface area contributed by atoms with Crippen molar-refractivity contribution in [3.63, 3.8) is 0 Å². The molecule has 1 rings (SSSR count). The van der Waals surface area contributed by atoms with Crippen LogP contribution in [0.5, 0.6) is 0 Å². The molecule has 1 aromatic heterocycles. The molecular formula is C10H15NO4S2. The highest BCUT2D eigenvalue weighted by atomic mass is 32.2. The van der Waals surface area contributed by atoms with Gasteiger partial charge in [0, 0.05) is 16.9 Å². The summed E-state index contributed by atoms with van der Waals surface area (Å²) in [5, 5.41) is 19.9. The molecule has 17 heavy (non-hydrogen) atoms. The van der Waals surface area contributed by atoms with Crippen LogP contribution < -0.4 is 0 Å². The second kappa shape index (κ2) is 7.65. The number of ether oxygens (including phenoxy) is 1. The highest BCUT2D eigenvalue weighted by Gasteiger charge is 2.12. The Morgan fingerprint density at radius 2 is 2.47 bits per heavy atom. The van der Waals surface area contributed by atoms with Gasteiger partial charge in [-0.15, -0.1) is 11.3 Å². The first kappa shape index (κ1) is 14.4. The Hall–Kier alpha value is -0.630. The predicted octanol–water partition coefficient (Wildman–Crippen LogP) is 0.906. The largest absolute Gasteiger partial charge is 0.461 e. The molecular weight excluding hydrogens is 262 g/mol. The number of carbonyl (C=O) groups excluding carboxylic acids is 1. The summed E-state index contributed by atoms with van der Waals surface area (Å²) in [7, 11) is 0. The smallest absolute Gasteiger partial charge is 0.367 e. The maximum Gasteiger partial charge on any atom is 0.367 e. The van der Waals surface area contributed by atoms with Crippen LogP contribution in [0.2, 0.25) is 0 Å². The van der Waals surface area contributed by atoms with E-state index in [1.165, 1.54) is 23.1 Å². The first-order chi connectivity index (χ1) is 8.17. The SMILES string of the molecule is CCOC(=O)c1nc(CSCC(O)CO)cs1. The van der Waals surface area contributed by atoms with Crippen molar-refractivity contribution in [2.24, 2.45) is 0 Å². The molecule has 96 valence electrons.